The molecular weight excluding hydrogens is 412 g/mol. The largest absolute Gasteiger partial charge is 0.383 e. The third-order valence-electron chi connectivity index (χ3n) is 3.65. The predicted octanol–water partition coefficient (Wildman–Crippen LogP) is 1.34. The van der Waals surface area contributed by atoms with E-state index >= 15 is 0 Å². The van der Waals surface area contributed by atoms with E-state index in [-0.39, 0.29) is 39.5 Å². The molecule has 146 valence electrons. The topological polar surface area (TPSA) is 149 Å². The van der Waals surface area contributed by atoms with E-state index in [1.807, 2.05) is 17.5 Å². The number of nitrogens with one attached hydrogen (secondary N) is 1. The molecule has 0 radical (unpaired) electrons. The molecule has 0 aliphatic carbocycles. The van der Waals surface area contributed by atoms with Crippen LogP contribution in [0.25, 0.3) is 10.4 Å². The molecule has 10 nitrogen and oxygen atoms in total. The second-order valence-corrected chi connectivity index (χ2v) is 7.71. The molecule has 0 aliphatic heterocycles. The van der Waals surface area contributed by atoms with E-state index in [0.29, 0.717) is 5.56 Å². The number of aromatic nitrogens is 3. The normalized spacial score (nSPS) is 10.2. The van der Waals surface area contributed by atoms with Gasteiger partial charge >= 0.3 is 5.88 Å². The lowest BCUT2D eigenvalue weighted by atomic mass is 10.0. The molecule has 0 atom stereocenters. The van der Waals surface area contributed by atoms with Crippen molar-refractivity contribution in [3.8, 4) is 22.6 Å². The first-order valence-corrected chi connectivity index (χ1v) is 9.97. The number of thioether (sulfide) groups is 1. The summed E-state index contributed by atoms with van der Waals surface area (Å²) in [5, 5.41) is 29.2. The number of carbonyl (C=O) groups is 1. The first-order chi connectivity index (χ1) is 13.9. The van der Waals surface area contributed by atoms with Crippen LogP contribution in [0.1, 0.15) is 11.1 Å². The zero-order valence-electron chi connectivity index (χ0n) is 15.4. The van der Waals surface area contributed by atoms with Gasteiger partial charge in [-0.3, -0.25) is 14.6 Å². The van der Waals surface area contributed by atoms with Crippen molar-refractivity contribution < 1.29 is 14.1 Å². The number of carbonyl (C=O) groups excluding carboxylic acids is 1. The van der Waals surface area contributed by atoms with Crippen LogP contribution in [-0.2, 0) is 4.79 Å². The molecule has 0 spiro atoms. The molecule has 0 bridgehead atoms. The van der Waals surface area contributed by atoms with Gasteiger partial charge in [0.25, 0.3) is 6.20 Å². The Balaban J connectivity index is 1.83. The molecule has 0 saturated heterocycles. The molecule has 0 aromatic carbocycles. The maximum absolute atomic E-state index is 12.3. The lowest BCUT2D eigenvalue weighted by Crippen LogP contribution is -2.53. The average Bonchev–Trinajstić information content (AvgIpc) is 3.37. The third-order valence-corrected chi connectivity index (χ3v) is 5.51. The molecule has 3 heterocycles. The lowest BCUT2D eigenvalue weighted by Gasteiger charge is -2.11. The highest BCUT2D eigenvalue weighted by atomic mass is 32.2. The average molecular weight is 427 g/mol. The standard InChI is InChI=1S/C17H14N8O2S2/c1-24(2)25-8-14(27-23-25)21-13(26)9-29-17-11(7-19)15(12-4-3-5-28-12)10(6-18)16(20)22-17/h3-5,8H,9H2,1-2H3,(H2-,20,21,22,23,26)/p+1. The Kier molecular flexibility index (Phi) is 5.97. The van der Waals surface area contributed by atoms with Crippen LogP contribution < -0.4 is 20.9 Å². The van der Waals surface area contributed by atoms with E-state index < -0.39 is 0 Å². The second-order valence-electron chi connectivity index (χ2n) is 5.80. The van der Waals surface area contributed by atoms with Crippen LogP contribution in [0.2, 0.25) is 0 Å². The zero-order chi connectivity index (χ0) is 21.0. The Labute approximate surface area is 174 Å². The van der Waals surface area contributed by atoms with Gasteiger partial charge in [0, 0.05) is 10.4 Å². The van der Waals surface area contributed by atoms with E-state index in [9.17, 15) is 15.3 Å². The number of anilines is 2. The summed E-state index contributed by atoms with van der Waals surface area (Å²) < 4.78 is 5.02. The number of nitrogen functional groups attached to an aromatic ring is 1. The molecule has 12 heteroatoms. The van der Waals surface area contributed by atoms with Gasteiger partial charge in [-0.2, -0.15) is 15.5 Å². The molecule has 3 aromatic rings. The minimum atomic E-state index is -0.372. The molecule has 0 saturated carbocycles. The summed E-state index contributed by atoms with van der Waals surface area (Å²) in [7, 11) is 3.53. The highest BCUT2D eigenvalue weighted by Crippen LogP contribution is 2.37. The van der Waals surface area contributed by atoms with Gasteiger partial charge in [0.15, 0.2) is 0 Å². The monoisotopic (exact) mass is 427 g/mol. The summed E-state index contributed by atoms with van der Waals surface area (Å²) >= 11 is 2.43. The molecule has 3 aromatic heterocycles. The van der Waals surface area contributed by atoms with E-state index in [4.69, 9.17) is 10.3 Å². The van der Waals surface area contributed by atoms with Gasteiger partial charge in [-0.05, 0) is 11.4 Å². The minimum absolute atomic E-state index is 0.0140. The number of nitriles is 2. The fourth-order valence-electron chi connectivity index (χ4n) is 2.36. The number of hydrogen-bond acceptors (Lipinski definition) is 10. The second kappa shape index (κ2) is 8.60. The van der Waals surface area contributed by atoms with E-state index in [1.165, 1.54) is 22.3 Å². The molecule has 0 unspecified atom stereocenters. The maximum Gasteiger partial charge on any atom is 0.305 e. The molecule has 3 N–H and O–H groups in total. The van der Waals surface area contributed by atoms with Gasteiger partial charge in [0.05, 0.1) is 30.2 Å². The smallest absolute Gasteiger partial charge is 0.305 e. The van der Waals surface area contributed by atoms with Crippen LogP contribution in [-0.4, -0.2) is 36.0 Å². The van der Waals surface area contributed by atoms with Gasteiger partial charge in [-0.25, -0.2) is 4.98 Å². The molecular formula is C17H15N8O2S2+. The molecule has 29 heavy (non-hydrogen) atoms. The van der Waals surface area contributed by atoms with Crippen molar-refractivity contribution in [3.05, 3.63) is 34.8 Å². The van der Waals surface area contributed by atoms with Crippen LogP contribution in [0, 0.1) is 22.7 Å². The van der Waals surface area contributed by atoms with Crippen molar-refractivity contribution in [3.63, 3.8) is 0 Å². The Bertz CT molecular complexity index is 1130. The Hall–Kier alpha value is -3.61. The van der Waals surface area contributed by atoms with Crippen molar-refractivity contribution in [1.29, 1.82) is 10.5 Å². The van der Waals surface area contributed by atoms with E-state index in [1.54, 1.807) is 25.2 Å². The van der Waals surface area contributed by atoms with Gasteiger partial charge in [0.1, 0.15) is 28.5 Å². The van der Waals surface area contributed by atoms with Gasteiger partial charge in [0.2, 0.25) is 11.2 Å². The Morgan fingerprint density at radius 3 is 2.76 bits per heavy atom. The zero-order valence-corrected chi connectivity index (χ0v) is 17.0. The number of nitrogens with two attached hydrogens (primary N) is 1. The van der Waals surface area contributed by atoms with Crippen molar-refractivity contribution in [2.24, 2.45) is 0 Å². The van der Waals surface area contributed by atoms with Gasteiger partial charge < -0.3 is 5.73 Å². The SMILES string of the molecule is CN(C)[n+]1cc(NC(=O)CSc2nc(N)c(C#N)c(-c3cccs3)c2C#N)on1. The number of rotatable bonds is 6. The number of thiophene rings is 1. The summed E-state index contributed by atoms with van der Waals surface area (Å²) in [6.07, 6.45) is 1.51. The van der Waals surface area contributed by atoms with Gasteiger partial charge in [-0.1, -0.05) is 17.8 Å². The number of hydrogen-bond donors (Lipinski definition) is 2. The lowest BCUT2D eigenvalue weighted by molar-refractivity contribution is -0.753. The van der Waals surface area contributed by atoms with Crippen LogP contribution >= 0.6 is 23.1 Å². The number of amides is 1. The van der Waals surface area contributed by atoms with Crippen LogP contribution in [0.15, 0.2) is 33.3 Å². The fourth-order valence-corrected chi connectivity index (χ4v) is 3.94. The highest BCUT2D eigenvalue weighted by Gasteiger charge is 2.22. The van der Waals surface area contributed by atoms with Crippen LogP contribution in [0.5, 0.6) is 0 Å². The number of nitrogens with zero attached hydrogens (tertiary/aromatic N) is 6. The first kappa shape index (κ1) is 20.1. The van der Waals surface area contributed by atoms with Crippen LogP contribution in [0.3, 0.4) is 0 Å². The molecule has 3 rings (SSSR count). The first-order valence-electron chi connectivity index (χ1n) is 8.11. The minimum Gasteiger partial charge on any atom is -0.383 e. The summed E-state index contributed by atoms with van der Waals surface area (Å²) in [4.78, 5) is 18.6. The van der Waals surface area contributed by atoms with Crippen molar-refractivity contribution in [2.75, 3.05) is 35.9 Å². The summed E-state index contributed by atoms with van der Waals surface area (Å²) in [6.45, 7) is 0. The highest BCUT2D eigenvalue weighted by molar-refractivity contribution is 8.00. The van der Waals surface area contributed by atoms with Crippen LogP contribution in [0.4, 0.5) is 11.7 Å². The Morgan fingerprint density at radius 1 is 1.41 bits per heavy atom. The summed E-state index contributed by atoms with van der Waals surface area (Å²) in [5.74, 6) is -0.223. The fraction of sp³-hybridized carbons (Fsp3) is 0.176. The quantitative estimate of drug-likeness (QED) is 0.439. The van der Waals surface area contributed by atoms with E-state index in [0.717, 1.165) is 16.6 Å². The maximum atomic E-state index is 12.3. The van der Waals surface area contributed by atoms with Crippen molar-refractivity contribution in [1.82, 2.24) is 10.3 Å². The predicted molar refractivity (Wildman–Crippen MR) is 108 cm³/mol. The summed E-state index contributed by atoms with van der Waals surface area (Å²) in [5.41, 5.74) is 6.73. The number of pyridine rings is 1. The molecule has 1 amide bonds. The van der Waals surface area contributed by atoms with Crippen molar-refractivity contribution in [2.45, 2.75) is 5.03 Å². The van der Waals surface area contributed by atoms with Crippen molar-refractivity contribution >= 4 is 40.7 Å². The Morgan fingerprint density at radius 2 is 2.17 bits per heavy atom. The van der Waals surface area contributed by atoms with E-state index in [2.05, 4.69) is 21.6 Å². The van der Waals surface area contributed by atoms with Gasteiger partial charge in [-0.15, -0.1) is 11.3 Å². The third kappa shape index (κ3) is 4.29. The summed E-state index contributed by atoms with van der Waals surface area (Å²) in [6, 6.07) is 7.72. The molecule has 0 aliphatic rings. The molecule has 0 fully saturated rings.